The Kier molecular flexibility index (Phi) is 20.0. The predicted octanol–water partition coefficient (Wildman–Crippen LogP) is 15.1. The van der Waals surface area contributed by atoms with Crippen molar-refractivity contribution in [3.63, 3.8) is 0 Å². The summed E-state index contributed by atoms with van der Waals surface area (Å²) in [5, 5.41) is 29.8. The molecule has 8 aromatic carbocycles. The minimum absolute atomic E-state index is 0.251. The zero-order valence-electron chi connectivity index (χ0n) is 33.3. The molecule has 8 aromatic rings. The number of phenols is 1. The number of benzene rings is 8. The molecule has 0 atom stereocenters. The van der Waals surface area contributed by atoms with E-state index in [1.165, 1.54) is 38.9 Å². The molecule has 0 radical (unpaired) electrons. The summed E-state index contributed by atoms with van der Waals surface area (Å²) >= 11 is 26.8. The third-order valence-corrected chi connectivity index (χ3v) is 10.6. The van der Waals surface area contributed by atoms with E-state index in [1.54, 1.807) is 42.5 Å². The van der Waals surface area contributed by atoms with Crippen LogP contribution in [0.4, 0.5) is 0 Å². The highest BCUT2D eigenvalue weighted by molar-refractivity contribution is 9.10. The van der Waals surface area contributed by atoms with Crippen molar-refractivity contribution in [1.82, 2.24) is 0 Å². The maximum absolute atomic E-state index is 9.63. The summed E-state index contributed by atoms with van der Waals surface area (Å²) in [7, 11) is -1.34. The van der Waals surface area contributed by atoms with Crippen molar-refractivity contribution in [2.45, 2.75) is 20.8 Å². The molecule has 0 heterocycles. The molecule has 0 aliphatic carbocycles. The minimum atomic E-state index is -1.34. The van der Waals surface area contributed by atoms with Gasteiger partial charge in [0, 0.05) is 30.1 Å². The van der Waals surface area contributed by atoms with Crippen LogP contribution in [0.3, 0.4) is 0 Å². The van der Waals surface area contributed by atoms with Crippen molar-refractivity contribution in [3.8, 4) is 39.1 Å². The molecule has 0 amide bonds. The molecule has 0 aliphatic heterocycles. The summed E-state index contributed by atoms with van der Waals surface area (Å²) < 4.78 is 1.06. The largest absolute Gasteiger partial charge is 0.507 e. The highest BCUT2D eigenvalue weighted by Gasteiger charge is 2.08. The van der Waals surface area contributed by atoms with Crippen LogP contribution in [0.15, 0.2) is 199 Å². The van der Waals surface area contributed by atoms with Crippen LogP contribution < -0.4 is 5.46 Å². The van der Waals surface area contributed by atoms with Gasteiger partial charge >= 0.3 is 7.12 Å². The van der Waals surface area contributed by atoms with Gasteiger partial charge in [0.15, 0.2) is 0 Å². The molecular formula is C51H44BBrCl4O3. The zero-order valence-corrected chi connectivity index (χ0v) is 37.9. The second kappa shape index (κ2) is 25.1. The molecule has 0 bridgehead atoms. The van der Waals surface area contributed by atoms with Crippen LogP contribution in [0.2, 0.25) is 20.1 Å². The average molecular weight is 937 g/mol. The Morgan fingerprint density at radius 3 is 1.05 bits per heavy atom. The van der Waals surface area contributed by atoms with Crippen molar-refractivity contribution < 1.29 is 15.2 Å². The van der Waals surface area contributed by atoms with E-state index in [1.807, 2.05) is 134 Å². The molecule has 0 saturated carbocycles. The Balaban J connectivity index is 0.000000168. The summed E-state index contributed by atoms with van der Waals surface area (Å²) in [6, 6.07) is 61.6. The number of aryl methyl sites for hydroxylation is 3. The first kappa shape index (κ1) is 47.9. The van der Waals surface area contributed by atoms with Crippen LogP contribution >= 0.6 is 62.3 Å². The van der Waals surface area contributed by atoms with Gasteiger partial charge in [0.05, 0.1) is 0 Å². The lowest BCUT2D eigenvalue weighted by Gasteiger charge is -2.05. The van der Waals surface area contributed by atoms with Gasteiger partial charge in [-0.3, -0.25) is 0 Å². The second-order valence-corrected chi connectivity index (χ2v) is 16.0. The standard InChI is InChI=1S/2C13H11Cl.C12H9ClO.C7H6BrCl.C6H7BO2/c2*1-10-7-8-12(14)9-13(10)11-5-3-2-4-6-11;13-10-6-7-12(14)11(8-10)9-4-2-1-3-5-9;1-5-2-3-6(9)4-7(5)8;8-7(9)6-4-2-1-3-5-6/h2*2-9H,1H3;1-8,14H;2-4H,1H3;1-5,8-9H. The van der Waals surface area contributed by atoms with Crippen molar-refractivity contribution in [3.05, 3.63) is 235 Å². The third kappa shape index (κ3) is 16.0. The van der Waals surface area contributed by atoms with Crippen LogP contribution in [-0.2, 0) is 0 Å². The van der Waals surface area contributed by atoms with Crippen molar-refractivity contribution in [1.29, 1.82) is 0 Å². The summed E-state index contributed by atoms with van der Waals surface area (Å²) in [6.45, 7) is 6.22. The van der Waals surface area contributed by atoms with Gasteiger partial charge in [-0.2, -0.15) is 0 Å². The molecule has 0 saturated heterocycles. The lowest BCUT2D eigenvalue weighted by molar-refractivity contribution is 0.426. The van der Waals surface area contributed by atoms with Gasteiger partial charge in [-0.25, -0.2) is 0 Å². The van der Waals surface area contributed by atoms with Crippen LogP contribution in [-0.4, -0.2) is 22.3 Å². The monoisotopic (exact) mass is 934 g/mol. The minimum Gasteiger partial charge on any atom is -0.507 e. The first-order valence-corrected chi connectivity index (χ1v) is 21.1. The maximum Gasteiger partial charge on any atom is 0.488 e. The van der Waals surface area contributed by atoms with E-state index < -0.39 is 7.12 Å². The Labute approximate surface area is 382 Å². The van der Waals surface area contributed by atoms with Gasteiger partial charge in [0.2, 0.25) is 0 Å². The third-order valence-electron chi connectivity index (χ3n) is 8.84. The summed E-state index contributed by atoms with van der Waals surface area (Å²) in [5.41, 5.74) is 10.8. The summed E-state index contributed by atoms with van der Waals surface area (Å²) in [5.74, 6) is 0.251. The summed E-state index contributed by atoms with van der Waals surface area (Å²) in [6.07, 6.45) is 0. The Bertz CT molecular complexity index is 2300. The van der Waals surface area contributed by atoms with Crippen LogP contribution in [0.1, 0.15) is 16.7 Å². The van der Waals surface area contributed by atoms with Crippen molar-refractivity contribution in [2.24, 2.45) is 0 Å². The molecule has 3 N–H and O–H groups in total. The Morgan fingerprint density at radius 2 is 0.700 bits per heavy atom. The number of hydrogen-bond acceptors (Lipinski definition) is 3. The van der Waals surface area contributed by atoms with Gasteiger partial charge in [0.25, 0.3) is 0 Å². The molecule has 0 fully saturated rings. The number of rotatable bonds is 4. The van der Waals surface area contributed by atoms with Gasteiger partial charge in [-0.05, 0) is 125 Å². The molecule has 304 valence electrons. The number of phenolic OH excluding ortho intramolecular Hbond substituents is 1. The van der Waals surface area contributed by atoms with E-state index >= 15 is 0 Å². The lowest BCUT2D eigenvalue weighted by atomic mass is 9.81. The molecule has 0 aromatic heterocycles. The molecule has 0 spiro atoms. The molecule has 0 unspecified atom stereocenters. The molecule has 8 rings (SSSR count). The van der Waals surface area contributed by atoms with Crippen molar-refractivity contribution in [2.75, 3.05) is 0 Å². The van der Waals surface area contributed by atoms with Gasteiger partial charge in [-0.15, -0.1) is 0 Å². The number of aromatic hydroxyl groups is 1. The molecule has 9 heteroatoms. The Morgan fingerprint density at radius 1 is 0.383 bits per heavy atom. The normalized spacial score (nSPS) is 9.90. The maximum atomic E-state index is 9.63. The highest BCUT2D eigenvalue weighted by atomic mass is 79.9. The van der Waals surface area contributed by atoms with E-state index in [0.717, 1.165) is 30.7 Å². The lowest BCUT2D eigenvalue weighted by Crippen LogP contribution is -2.29. The Hall–Kier alpha value is -4.82. The average Bonchev–Trinajstić information content (AvgIpc) is 3.27. The van der Waals surface area contributed by atoms with E-state index in [-0.39, 0.29) is 5.75 Å². The van der Waals surface area contributed by atoms with Gasteiger partial charge < -0.3 is 15.2 Å². The van der Waals surface area contributed by atoms with Crippen LogP contribution in [0.5, 0.6) is 5.75 Å². The molecule has 3 nitrogen and oxygen atoms in total. The van der Waals surface area contributed by atoms with Crippen molar-refractivity contribution >= 4 is 74.9 Å². The van der Waals surface area contributed by atoms with E-state index in [2.05, 4.69) is 54.0 Å². The van der Waals surface area contributed by atoms with Gasteiger partial charge in [-0.1, -0.05) is 202 Å². The first-order valence-electron chi connectivity index (χ1n) is 18.8. The predicted molar refractivity (Wildman–Crippen MR) is 262 cm³/mol. The molecular weight excluding hydrogens is 893 g/mol. The fourth-order valence-corrected chi connectivity index (χ4v) is 6.79. The van der Waals surface area contributed by atoms with E-state index in [4.69, 9.17) is 56.5 Å². The van der Waals surface area contributed by atoms with Gasteiger partial charge in [0.1, 0.15) is 5.75 Å². The van der Waals surface area contributed by atoms with E-state index in [0.29, 0.717) is 10.5 Å². The fraction of sp³-hybridized carbons (Fsp3) is 0.0588. The number of hydrogen-bond donors (Lipinski definition) is 3. The fourth-order valence-electron chi connectivity index (χ4n) is 5.60. The second-order valence-electron chi connectivity index (χ2n) is 13.4. The molecule has 0 aliphatic rings. The smallest absolute Gasteiger partial charge is 0.488 e. The molecule has 60 heavy (non-hydrogen) atoms. The highest BCUT2D eigenvalue weighted by Crippen LogP contribution is 2.31. The number of halogens is 5. The van der Waals surface area contributed by atoms with Crippen LogP contribution in [0, 0.1) is 20.8 Å². The van der Waals surface area contributed by atoms with E-state index in [9.17, 15) is 5.11 Å². The van der Waals surface area contributed by atoms with Crippen LogP contribution in [0.25, 0.3) is 33.4 Å². The summed E-state index contributed by atoms with van der Waals surface area (Å²) in [4.78, 5) is 0. The topological polar surface area (TPSA) is 60.7 Å². The SMILES string of the molecule is Cc1ccc(Cl)cc1-c1ccccc1.Cc1ccc(Cl)cc1-c1ccccc1.Cc1ccc(Cl)cc1Br.OB(O)c1ccccc1.Oc1ccc(Cl)cc1-c1ccccc1. The zero-order chi connectivity index (χ0) is 43.4. The quantitative estimate of drug-likeness (QED) is 0.154. The first-order chi connectivity index (χ1) is 28.8.